The van der Waals surface area contributed by atoms with E-state index in [0.717, 1.165) is 24.8 Å². The minimum atomic E-state index is -1.11. The van der Waals surface area contributed by atoms with Crippen molar-refractivity contribution in [2.45, 2.75) is 69.7 Å². The number of nitrogens with zero attached hydrogens (tertiary/aromatic N) is 3. The van der Waals surface area contributed by atoms with Gasteiger partial charge in [-0.3, -0.25) is 4.79 Å². The number of aromatic nitrogens is 3. The minimum Gasteiger partial charge on any atom is -0.465 e. The average Bonchev–Trinajstić information content (AvgIpc) is 3.29. The van der Waals surface area contributed by atoms with Crippen LogP contribution in [0, 0.1) is 5.92 Å². The van der Waals surface area contributed by atoms with Gasteiger partial charge in [0.05, 0.1) is 19.1 Å². The number of carbonyl (C=O) groups excluding carboxylic acids is 1. The van der Waals surface area contributed by atoms with Crippen LogP contribution in [0.15, 0.2) is 35.5 Å². The highest BCUT2D eigenvalue weighted by Gasteiger charge is 2.35. The number of unbranched alkanes of at least 4 members (excludes halogenated alkanes) is 1. The molecule has 3 rings (SSSR count). The lowest BCUT2D eigenvalue weighted by Crippen LogP contribution is -2.14. The van der Waals surface area contributed by atoms with Crippen molar-refractivity contribution in [3.63, 3.8) is 0 Å². The van der Waals surface area contributed by atoms with Crippen LogP contribution in [0.5, 0.6) is 0 Å². The number of hydrogen-bond acceptors (Lipinski definition) is 5. The van der Waals surface area contributed by atoms with E-state index in [4.69, 9.17) is 4.74 Å². The fourth-order valence-electron chi connectivity index (χ4n) is 3.58. The zero-order chi connectivity index (χ0) is 20.6. The van der Waals surface area contributed by atoms with E-state index in [2.05, 4.69) is 23.9 Å². The van der Waals surface area contributed by atoms with Gasteiger partial charge in [0, 0.05) is 12.2 Å². The third-order valence-electron chi connectivity index (χ3n) is 5.39. The lowest BCUT2D eigenvalue weighted by atomic mass is 10.0. The number of benzene rings is 1. The van der Waals surface area contributed by atoms with Crippen molar-refractivity contribution in [3.05, 3.63) is 41.7 Å². The fraction of sp³-hybridized carbons (Fsp3) is 0.591. The van der Waals surface area contributed by atoms with E-state index in [0.29, 0.717) is 42.1 Å². The van der Waals surface area contributed by atoms with E-state index in [9.17, 15) is 9.18 Å². The summed E-state index contributed by atoms with van der Waals surface area (Å²) in [6.45, 7) is 4.80. The molecule has 0 radical (unpaired) electrons. The molecule has 158 valence electrons. The molecule has 0 aliphatic carbocycles. The number of carbonyl (C=O) groups is 1. The summed E-state index contributed by atoms with van der Waals surface area (Å²) in [5, 5.41) is 5.01. The van der Waals surface area contributed by atoms with Crippen LogP contribution in [0.2, 0.25) is 0 Å². The molecule has 29 heavy (non-hydrogen) atoms. The molecule has 5 nitrogen and oxygen atoms in total. The number of fused-ring (bicyclic) bond motifs is 1. The van der Waals surface area contributed by atoms with Crippen LogP contribution < -0.4 is 0 Å². The van der Waals surface area contributed by atoms with Gasteiger partial charge in [-0.15, -0.1) is 5.10 Å². The first-order valence-electron chi connectivity index (χ1n) is 10.6. The van der Waals surface area contributed by atoms with E-state index in [1.165, 1.54) is 18.2 Å². The highest BCUT2D eigenvalue weighted by atomic mass is 32.2. The van der Waals surface area contributed by atoms with Crippen LogP contribution in [-0.4, -0.2) is 33.1 Å². The summed E-state index contributed by atoms with van der Waals surface area (Å²) >= 11 is 1.38. The van der Waals surface area contributed by atoms with E-state index < -0.39 is 6.17 Å². The third-order valence-corrected chi connectivity index (χ3v) is 6.23. The second-order valence-electron chi connectivity index (χ2n) is 7.52. The topological polar surface area (TPSA) is 57.0 Å². The van der Waals surface area contributed by atoms with Crippen LogP contribution in [0.3, 0.4) is 0 Å². The Morgan fingerprint density at radius 2 is 2.14 bits per heavy atom. The molecule has 0 N–H and O–H groups in total. The highest BCUT2D eigenvalue weighted by Crippen LogP contribution is 2.40. The Hall–Kier alpha value is -1.89. The van der Waals surface area contributed by atoms with Crippen molar-refractivity contribution >= 4 is 17.7 Å². The summed E-state index contributed by atoms with van der Waals surface area (Å²) in [5.74, 6) is 1.16. The molecular weight excluding hydrogens is 389 g/mol. The first-order chi connectivity index (χ1) is 14.1. The predicted octanol–water partition coefficient (Wildman–Crippen LogP) is 5.52. The molecule has 2 aromatic rings. The summed E-state index contributed by atoms with van der Waals surface area (Å²) in [5.41, 5.74) is 1.03. The summed E-state index contributed by atoms with van der Waals surface area (Å²) < 4.78 is 21.5. The maximum Gasteiger partial charge on any atom is 0.306 e. The molecule has 0 spiro atoms. The maximum atomic E-state index is 14.4. The molecule has 1 aromatic carbocycles. The van der Waals surface area contributed by atoms with Crippen molar-refractivity contribution in [2.24, 2.45) is 5.92 Å². The molecule has 1 aliphatic heterocycles. The summed E-state index contributed by atoms with van der Waals surface area (Å²) in [6.07, 6.45) is 4.02. The van der Waals surface area contributed by atoms with Gasteiger partial charge >= 0.3 is 5.97 Å². The second kappa shape index (κ2) is 10.8. The number of rotatable bonds is 11. The zero-order valence-corrected chi connectivity index (χ0v) is 18.0. The van der Waals surface area contributed by atoms with Gasteiger partial charge in [-0.05, 0) is 17.9 Å². The van der Waals surface area contributed by atoms with E-state index >= 15 is 0 Å². The Morgan fingerprint density at radius 3 is 2.86 bits per heavy atom. The number of hydrogen-bond donors (Lipinski definition) is 0. The summed E-state index contributed by atoms with van der Waals surface area (Å²) in [6, 6.07) is 9.69. The number of halogens is 1. The predicted molar refractivity (Wildman–Crippen MR) is 113 cm³/mol. The molecule has 2 heterocycles. The van der Waals surface area contributed by atoms with Gasteiger partial charge in [0.15, 0.2) is 12.0 Å². The first kappa shape index (κ1) is 21.8. The van der Waals surface area contributed by atoms with Gasteiger partial charge in [-0.2, -0.15) is 0 Å². The number of ether oxygens (including phenoxy) is 1. The molecule has 0 saturated carbocycles. The van der Waals surface area contributed by atoms with Gasteiger partial charge in [0.1, 0.15) is 0 Å². The van der Waals surface area contributed by atoms with Gasteiger partial charge in [-0.1, -0.05) is 75.2 Å². The molecule has 3 atom stereocenters. The standard InChI is InChI=1S/C22H30FN3O2S/c1-3-5-9-16(4-2)15-28-20(27)12-13-29-22-24-21-18(23)14-19(26(21)25-22)17-10-7-6-8-11-17/h6-8,10-11,16,18-19H,3-5,9,12-15H2,1-2H3/t16?,18-,19-/m0/s1. The van der Waals surface area contributed by atoms with E-state index in [1.807, 2.05) is 30.3 Å². The average molecular weight is 420 g/mol. The van der Waals surface area contributed by atoms with Crippen LogP contribution in [-0.2, 0) is 9.53 Å². The molecule has 0 saturated heterocycles. The largest absolute Gasteiger partial charge is 0.465 e. The Labute approximate surface area is 176 Å². The van der Waals surface area contributed by atoms with Crippen molar-refractivity contribution in [2.75, 3.05) is 12.4 Å². The Bertz CT molecular complexity index is 784. The molecule has 0 amide bonds. The van der Waals surface area contributed by atoms with Crippen molar-refractivity contribution in [1.82, 2.24) is 14.8 Å². The van der Waals surface area contributed by atoms with E-state index in [1.54, 1.807) is 4.68 Å². The lowest BCUT2D eigenvalue weighted by molar-refractivity contribution is -0.144. The monoisotopic (exact) mass is 419 g/mol. The smallest absolute Gasteiger partial charge is 0.306 e. The number of esters is 1. The highest BCUT2D eigenvalue weighted by molar-refractivity contribution is 7.99. The molecule has 1 aliphatic rings. The minimum absolute atomic E-state index is 0.123. The number of alkyl halides is 1. The zero-order valence-electron chi connectivity index (χ0n) is 17.2. The molecule has 1 aromatic heterocycles. The van der Waals surface area contributed by atoms with Crippen LogP contribution in [0.1, 0.15) is 76.0 Å². The van der Waals surface area contributed by atoms with Crippen LogP contribution in [0.25, 0.3) is 0 Å². The first-order valence-corrected chi connectivity index (χ1v) is 11.5. The summed E-state index contributed by atoms with van der Waals surface area (Å²) in [7, 11) is 0. The Kier molecular flexibility index (Phi) is 8.09. The van der Waals surface area contributed by atoms with Crippen LogP contribution in [0.4, 0.5) is 4.39 Å². The molecular formula is C22H30FN3O2S. The van der Waals surface area contributed by atoms with Gasteiger partial charge in [0.2, 0.25) is 5.16 Å². The normalized spacial score (nSPS) is 19.1. The van der Waals surface area contributed by atoms with Crippen molar-refractivity contribution in [3.8, 4) is 0 Å². The second-order valence-corrected chi connectivity index (χ2v) is 8.59. The molecule has 0 fully saturated rings. The number of thioether (sulfide) groups is 1. The Balaban J connectivity index is 1.47. The van der Waals surface area contributed by atoms with Crippen molar-refractivity contribution < 1.29 is 13.9 Å². The van der Waals surface area contributed by atoms with Crippen LogP contribution >= 0.6 is 11.8 Å². The SMILES string of the molecule is CCCCC(CC)COC(=O)CCSc1nc2n(n1)[C@H](c1ccccc1)C[C@@H]2F. The van der Waals surface area contributed by atoms with Crippen molar-refractivity contribution in [1.29, 1.82) is 0 Å². The lowest BCUT2D eigenvalue weighted by Gasteiger charge is -2.14. The molecule has 0 bridgehead atoms. The maximum absolute atomic E-state index is 14.4. The third kappa shape index (κ3) is 5.81. The fourth-order valence-corrected chi connectivity index (χ4v) is 4.33. The van der Waals surface area contributed by atoms with Gasteiger partial charge in [-0.25, -0.2) is 14.1 Å². The van der Waals surface area contributed by atoms with Gasteiger partial charge < -0.3 is 4.74 Å². The van der Waals surface area contributed by atoms with E-state index in [-0.39, 0.29) is 12.0 Å². The molecule has 1 unspecified atom stereocenters. The quantitative estimate of drug-likeness (QED) is 0.354. The summed E-state index contributed by atoms with van der Waals surface area (Å²) in [4.78, 5) is 16.4. The van der Waals surface area contributed by atoms with Gasteiger partial charge in [0.25, 0.3) is 0 Å². The Morgan fingerprint density at radius 1 is 1.34 bits per heavy atom. The molecule has 7 heteroatoms.